The van der Waals surface area contributed by atoms with Gasteiger partial charge in [0.2, 0.25) is 11.8 Å². The molecular formula is C17H25N3O3. The summed E-state index contributed by atoms with van der Waals surface area (Å²) in [6.07, 6.45) is 1.57. The van der Waals surface area contributed by atoms with Gasteiger partial charge >= 0.3 is 0 Å². The monoisotopic (exact) mass is 319 g/mol. The van der Waals surface area contributed by atoms with Crippen LogP contribution in [0.3, 0.4) is 0 Å². The highest BCUT2D eigenvalue weighted by molar-refractivity contribution is 5.80. The van der Waals surface area contributed by atoms with Crippen LogP contribution >= 0.6 is 0 Å². The predicted octanol–water partition coefficient (Wildman–Crippen LogP) is 0.647. The van der Waals surface area contributed by atoms with Gasteiger partial charge in [0.05, 0.1) is 13.5 Å². The third-order valence-electron chi connectivity index (χ3n) is 4.07. The van der Waals surface area contributed by atoms with E-state index in [1.807, 2.05) is 34.1 Å². The number of rotatable bonds is 6. The third-order valence-corrected chi connectivity index (χ3v) is 4.07. The van der Waals surface area contributed by atoms with Crippen molar-refractivity contribution in [3.8, 4) is 5.75 Å². The molecule has 6 nitrogen and oxygen atoms in total. The molecule has 1 aliphatic heterocycles. The van der Waals surface area contributed by atoms with Crippen LogP contribution in [-0.2, 0) is 16.0 Å². The van der Waals surface area contributed by atoms with E-state index < -0.39 is 0 Å². The normalized spacial score (nSPS) is 14.7. The number of hydrogen-bond acceptors (Lipinski definition) is 4. The van der Waals surface area contributed by atoms with Crippen molar-refractivity contribution in [2.24, 2.45) is 5.73 Å². The molecule has 0 aliphatic carbocycles. The molecule has 0 aromatic heterocycles. The molecule has 1 aromatic rings. The summed E-state index contributed by atoms with van der Waals surface area (Å²) in [5.74, 6) is 0.980. The topological polar surface area (TPSA) is 75.9 Å². The molecule has 1 saturated heterocycles. The van der Waals surface area contributed by atoms with Crippen LogP contribution in [0.15, 0.2) is 24.3 Å². The Bertz CT molecular complexity index is 540. The van der Waals surface area contributed by atoms with Gasteiger partial charge in [-0.2, -0.15) is 0 Å². The van der Waals surface area contributed by atoms with E-state index in [4.69, 9.17) is 10.5 Å². The zero-order valence-electron chi connectivity index (χ0n) is 13.7. The number of hydrogen-bond donors (Lipinski definition) is 1. The first-order valence-electron chi connectivity index (χ1n) is 8.02. The number of ether oxygens (including phenoxy) is 1. The number of methoxy groups -OCH3 is 1. The standard InChI is InChI=1S/C17H25N3O3/c1-23-15-5-2-4-14(12-15)13-17(22)20-10-8-19(9-11-20)16(21)6-3-7-18/h2,4-5,12H,3,6-11,13,18H2,1H3. The maximum Gasteiger partial charge on any atom is 0.227 e. The van der Waals surface area contributed by atoms with Gasteiger partial charge in [-0.05, 0) is 30.7 Å². The molecule has 2 rings (SSSR count). The molecule has 23 heavy (non-hydrogen) atoms. The molecule has 126 valence electrons. The Morgan fingerprint density at radius 2 is 1.78 bits per heavy atom. The van der Waals surface area contributed by atoms with Crippen molar-refractivity contribution in [2.45, 2.75) is 19.3 Å². The fourth-order valence-electron chi connectivity index (χ4n) is 2.69. The summed E-state index contributed by atoms with van der Waals surface area (Å²) in [5, 5.41) is 0. The minimum atomic E-state index is 0.0901. The first-order chi connectivity index (χ1) is 11.1. The van der Waals surface area contributed by atoms with E-state index in [-0.39, 0.29) is 11.8 Å². The number of carbonyl (C=O) groups is 2. The van der Waals surface area contributed by atoms with E-state index in [2.05, 4.69) is 0 Å². The Kier molecular flexibility index (Phi) is 6.40. The summed E-state index contributed by atoms with van der Waals surface area (Å²) in [5.41, 5.74) is 6.37. The van der Waals surface area contributed by atoms with Crippen LogP contribution in [0.25, 0.3) is 0 Å². The summed E-state index contributed by atoms with van der Waals surface area (Å²) < 4.78 is 5.18. The second kappa shape index (κ2) is 8.53. The quantitative estimate of drug-likeness (QED) is 0.835. The van der Waals surface area contributed by atoms with Crippen LogP contribution in [0.2, 0.25) is 0 Å². The van der Waals surface area contributed by atoms with E-state index in [0.29, 0.717) is 52.0 Å². The highest BCUT2D eigenvalue weighted by atomic mass is 16.5. The average Bonchev–Trinajstić information content (AvgIpc) is 2.60. The minimum Gasteiger partial charge on any atom is -0.497 e. The lowest BCUT2D eigenvalue weighted by molar-refractivity contribution is -0.139. The fourth-order valence-corrected chi connectivity index (χ4v) is 2.69. The van der Waals surface area contributed by atoms with Gasteiger partial charge in [0.1, 0.15) is 5.75 Å². The lowest BCUT2D eigenvalue weighted by Gasteiger charge is -2.35. The van der Waals surface area contributed by atoms with Gasteiger partial charge in [-0.15, -0.1) is 0 Å². The smallest absolute Gasteiger partial charge is 0.227 e. The molecule has 1 aliphatic rings. The lowest BCUT2D eigenvalue weighted by Crippen LogP contribution is -2.51. The molecule has 1 fully saturated rings. The Balaban J connectivity index is 1.82. The van der Waals surface area contributed by atoms with Crippen molar-refractivity contribution in [1.29, 1.82) is 0 Å². The highest BCUT2D eigenvalue weighted by Gasteiger charge is 2.23. The van der Waals surface area contributed by atoms with Crippen molar-refractivity contribution in [1.82, 2.24) is 9.80 Å². The van der Waals surface area contributed by atoms with Gasteiger partial charge in [-0.1, -0.05) is 12.1 Å². The van der Waals surface area contributed by atoms with E-state index in [1.165, 1.54) is 0 Å². The van der Waals surface area contributed by atoms with Crippen LogP contribution < -0.4 is 10.5 Å². The second-order valence-electron chi connectivity index (χ2n) is 5.68. The first kappa shape index (κ1) is 17.3. The van der Waals surface area contributed by atoms with E-state index in [9.17, 15) is 9.59 Å². The van der Waals surface area contributed by atoms with Gasteiger partial charge in [0, 0.05) is 32.6 Å². The molecule has 1 heterocycles. The summed E-state index contributed by atoms with van der Waals surface area (Å²) >= 11 is 0. The number of nitrogens with two attached hydrogens (primary N) is 1. The molecule has 0 radical (unpaired) electrons. The average molecular weight is 319 g/mol. The maximum atomic E-state index is 12.4. The Labute approximate surface area is 137 Å². The first-order valence-corrected chi connectivity index (χ1v) is 8.02. The molecule has 0 unspecified atom stereocenters. The predicted molar refractivity (Wildman–Crippen MR) is 88.1 cm³/mol. The van der Waals surface area contributed by atoms with Gasteiger partial charge in [0.25, 0.3) is 0 Å². The van der Waals surface area contributed by atoms with Gasteiger partial charge in [-0.3, -0.25) is 9.59 Å². The maximum absolute atomic E-state index is 12.4. The molecule has 6 heteroatoms. The Hall–Kier alpha value is -2.08. The number of piperazine rings is 1. The van der Waals surface area contributed by atoms with Crippen LogP contribution in [0.1, 0.15) is 18.4 Å². The van der Waals surface area contributed by atoms with Crippen molar-refractivity contribution in [3.05, 3.63) is 29.8 Å². The molecule has 1 aromatic carbocycles. The molecule has 2 N–H and O–H groups in total. The molecule has 0 bridgehead atoms. The highest BCUT2D eigenvalue weighted by Crippen LogP contribution is 2.14. The molecule has 0 saturated carbocycles. The molecular weight excluding hydrogens is 294 g/mol. The van der Waals surface area contributed by atoms with E-state index in [1.54, 1.807) is 7.11 Å². The van der Waals surface area contributed by atoms with Crippen molar-refractivity contribution >= 4 is 11.8 Å². The Morgan fingerprint density at radius 1 is 1.13 bits per heavy atom. The molecule has 0 spiro atoms. The van der Waals surface area contributed by atoms with E-state index in [0.717, 1.165) is 11.3 Å². The summed E-state index contributed by atoms with van der Waals surface area (Å²) in [7, 11) is 1.61. The number of carbonyl (C=O) groups excluding carboxylic acids is 2. The fraction of sp³-hybridized carbons (Fsp3) is 0.529. The van der Waals surface area contributed by atoms with Crippen molar-refractivity contribution < 1.29 is 14.3 Å². The number of benzene rings is 1. The summed E-state index contributed by atoms with van der Waals surface area (Å²) in [6.45, 7) is 2.93. The largest absolute Gasteiger partial charge is 0.497 e. The minimum absolute atomic E-state index is 0.0901. The van der Waals surface area contributed by atoms with Gasteiger partial charge < -0.3 is 20.3 Å². The summed E-state index contributed by atoms with van der Waals surface area (Å²) in [6, 6.07) is 7.55. The van der Waals surface area contributed by atoms with Gasteiger partial charge in [-0.25, -0.2) is 0 Å². The number of amides is 2. The van der Waals surface area contributed by atoms with Crippen LogP contribution in [0.4, 0.5) is 0 Å². The van der Waals surface area contributed by atoms with Gasteiger partial charge in [0.15, 0.2) is 0 Å². The van der Waals surface area contributed by atoms with E-state index >= 15 is 0 Å². The number of nitrogens with zero attached hydrogens (tertiary/aromatic N) is 2. The Morgan fingerprint density at radius 3 is 2.39 bits per heavy atom. The lowest BCUT2D eigenvalue weighted by atomic mass is 10.1. The zero-order chi connectivity index (χ0) is 16.7. The van der Waals surface area contributed by atoms with Crippen LogP contribution in [0, 0.1) is 0 Å². The van der Waals surface area contributed by atoms with Crippen LogP contribution in [-0.4, -0.2) is 61.4 Å². The second-order valence-corrected chi connectivity index (χ2v) is 5.68. The van der Waals surface area contributed by atoms with Crippen molar-refractivity contribution in [3.63, 3.8) is 0 Å². The summed E-state index contributed by atoms with van der Waals surface area (Å²) in [4.78, 5) is 28.0. The molecule has 2 amide bonds. The zero-order valence-corrected chi connectivity index (χ0v) is 13.7. The van der Waals surface area contributed by atoms with Crippen LogP contribution in [0.5, 0.6) is 5.75 Å². The van der Waals surface area contributed by atoms with Crippen molar-refractivity contribution in [2.75, 3.05) is 39.8 Å². The third kappa shape index (κ3) is 4.96. The SMILES string of the molecule is COc1cccc(CC(=O)N2CCN(C(=O)CCCN)CC2)c1. The molecule has 0 atom stereocenters.